The molecule has 2 aliphatic rings. The van der Waals surface area contributed by atoms with Crippen molar-refractivity contribution in [2.75, 3.05) is 6.54 Å². The van der Waals surface area contributed by atoms with E-state index in [1.807, 2.05) is 0 Å². The van der Waals surface area contributed by atoms with Crippen LogP contribution < -0.4 is 5.32 Å². The van der Waals surface area contributed by atoms with Crippen LogP contribution in [0.15, 0.2) is 18.2 Å². The molecule has 0 amide bonds. The maximum absolute atomic E-state index is 3.65. The van der Waals surface area contributed by atoms with Gasteiger partial charge in [-0.1, -0.05) is 25.1 Å². The Morgan fingerprint density at radius 2 is 2.12 bits per heavy atom. The molecule has 1 fully saturated rings. The van der Waals surface area contributed by atoms with Crippen molar-refractivity contribution in [3.05, 3.63) is 34.9 Å². The topological polar surface area (TPSA) is 12.0 Å². The van der Waals surface area contributed by atoms with Gasteiger partial charge in [0.1, 0.15) is 0 Å². The quantitative estimate of drug-likeness (QED) is 0.810. The molecule has 1 heteroatoms. The van der Waals surface area contributed by atoms with Crippen LogP contribution in [-0.2, 0) is 6.42 Å². The highest BCUT2D eigenvalue weighted by atomic mass is 14.9. The average Bonchev–Trinajstić information content (AvgIpc) is 3.08. The lowest BCUT2D eigenvalue weighted by Crippen LogP contribution is -2.19. The Bertz CT molecular complexity index is 379. The van der Waals surface area contributed by atoms with Crippen LogP contribution >= 0.6 is 0 Å². The zero-order valence-corrected chi connectivity index (χ0v) is 10.1. The molecule has 86 valence electrons. The van der Waals surface area contributed by atoms with E-state index in [4.69, 9.17) is 0 Å². The summed E-state index contributed by atoms with van der Waals surface area (Å²) >= 11 is 0. The van der Waals surface area contributed by atoms with Gasteiger partial charge in [-0.3, -0.25) is 0 Å². The lowest BCUT2D eigenvalue weighted by molar-refractivity contribution is 0.529. The molecule has 1 unspecified atom stereocenters. The average molecular weight is 215 g/mol. The highest BCUT2D eigenvalue weighted by Crippen LogP contribution is 2.42. The zero-order chi connectivity index (χ0) is 11.0. The molecule has 1 N–H and O–H groups in total. The molecule has 2 aliphatic carbocycles. The van der Waals surface area contributed by atoms with Crippen molar-refractivity contribution in [1.82, 2.24) is 5.32 Å². The van der Waals surface area contributed by atoms with E-state index in [1.165, 1.54) is 32.1 Å². The minimum Gasteiger partial charge on any atom is -0.310 e. The summed E-state index contributed by atoms with van der Waals surface area (Å²) in [7, 11) is 0. The predicted octanol–water partition coefficient (Wildman–Crippen LogP) is 3.55. The normalized spacial score (nSPS) is 23.4. The smallest absolute Gasteiger partial charge is 0.0326 e. The maximum atomic E-state index is 3.65. The van der Waals surface area contributed by atoms with Crippen molar-refractivity contribution in [1.29, 1.82) is 0 Å². The van der Waals surface area contributed by atoms with E-state index in [2.05, 4.69) is 30.4 Å². The first kappa shape index (κ1) is 10.3. The van der Waals surface area contributed by atoms with E-state index in [-0.39, 0.29) is 0 Å². The van der Waals surface area contributed by atoms with Gasteiger partial charge in [0, 0.05) is 6.04 Å². The molecule has 0 bridgehead atoms. The number of fused-ring (bicyclic) bond motifs is 1. The van der Waals surface area contributed by atoms with Gasteiger partial charge in [0.15, 0.2) is 0 Å². The standard InChI is InChI=1S/C15H21N/c1-2-9-16-15-8-6-13-10-12(11-3-4-11)5-7-14(13)15/h5,7,10-11,15-16H,2-4,6,8-9H2,1H3. The van der Waals surface area contributed by atoms with E-state index < -0.39 is 0 Å². The maximum Gasteiger partial charge on any atom is 0.0326 e. The number of nitrogens with one attached hydrogen (secondary N) is 1. The van der Waals surface area contributed by atoms with Crippen LogP contribution in [0.5, 0.6) is 0 Å². The molecule has 1 aromatic rings. The third kappa shape index (κ3) is 1.89. The second kappa shape index (κ2) is 4.21. The second-order valence-electron chi connectivity index (χ2n) is 5.28. The number of aryl methyl sites for hydroxylation is 1. The monoisotopic (exact) mass is 215 g/mol. The van der Waals surface area contributed by atoms with Gasteiger partial charge in [0.05, 0.1) is 0 Å². The van der Waals surface area contributed by atoms with Gasteiger partial charge in [-0.25, -0.2) is 0 Å². The molecular formula is C15H21N. The van der Waals surface area contributed by atoms with Crippen LogP contribution in [0, 0.1) is 0 Å². The van der Waals surface area contributed by atoms with Gasteiger partial charge < -0.3 is 5.32 Å². The first-order valence-corrected chi connectivity index (χ1v) is 6.74. The molecule has 0 heterocycles. The fourth-order valence-corrected chi connectivity index (χ4v) is 2.84. The number of benzene rings is 1. The van der Waals surface area contributed by atoms with Crippen molar-refractivity contribution >= 4 is 0 Å². The lowest BCUT2D eigenvalue weighted by Gasteiger charge is -2.13. The van der Waals surface area contributed by atoms with Crippen LogP contribution in [0.1, 0.15) is 61.3 Å². The summed E-state index contributed by atoms with van der Waals surface area (Å²) < 4.78 is 0. The van der Waals surface area contributed by atoms with Gasteiger partial charge in [0.25, 0.3) is 0 Å². The number of rotatable bonds is 4. The Kier molecular flexibility index (Phi) is 2.72. The molecule has 0 saturated heterocycles. The van der Waals surface area contributed by atoms with E-state index in [0.717, 1.165) is 12.5 Å². The second-order valence-corrected chi connectivity index (χ2v) is 5.28. The third-order valence-electron chi connectivity index (χ3n) is 3.93. The highest BCUT2D eigenvalue weighted by Gasteiger charge is 2.27. The van der Waals surface area contributed by atoms with Gasteiger partial charge in [-0.2, -0.15) is 0 Å². The van der Waals surface area contributed by atoms with Crippen molar-refractivity contribution in [2.45, 2.75) is 51.0 Å². The molecule has 1 nitrogen and oxygen atoms in total. The van der Waals surface area contributed by atoms with Crippen LogP contribution in [0.2, 0.25) is 0 Å². The Morgan fingerprint density at radius 3 is 2.88 bits per heavy atom. The molecule has 0 aliphatic heterocycles. The number of hydrogen-bond donors (Lipinski definition) is 1. The Balaban J connectivity index is 1.78. The Morgan fingerprint density at radius 1 is 1.25 bits per heavy atom. The highest BCUT2D eigenvalue weighted by molar-refractivity contribution is 5.40. The summed E-state index contributed by atoms with van der Waals surface area (Å²) in [5.74, 6) is 0.896. The van der Waals surface area contributed by atoms with Crippen molar-refractivity contribution < 1.29 is 0 Å². The largest absolute Gasteiger partial charge is 0.310 e. The van der Waals surface area contributed by atoms with Gasteiger partial charge >= 0.3 is 0 Å². The van der Waals surface area contributed by atoms with Crippen molar-refractivity contribution in [3.8, 4) is 0 Å². The van der Waals surface area contributed by atoms with E-state index >= 15 is 0 Å². The van der Waals surface area contributed by atoms with Gasteiger partial charge in [-0.15, -0.1) is 0 Å². The first-order valence-electron chi connectivity index (χ1n) is 6.74. The van der Waals surface area contributed by atoms with Gasteiger partial charge in [0.2, 0.25) is 0 Å². The van der Waals surface area contributed by atoms with Crippen LogP contribution in [0.3, 0.4) is 0 Å². The van der Waals surface area contributed by atoms with Crippen molar-refractivity contribution in [2.24, 2.45) is 0 Å². The van der Waals surface area contributed by atoms with Crippen LogP contribution in [0.25, 0.3) is 0 Å². The van der Waals surface area contributed by atoms with Crippen LogP contribution in [-0.4, -0.2) is 6.54 Å². The molecule has 16 heavy (non-hydrogen) atoms. The fraction of sp³-hybridized carbons (Fsp3) is 0.600. The van der Waals surface area contributed by atoms with E-state index in [0.29, 0.717) is 6.04 Å². The third-order valence-corrected chi connectivity index (χ3v) is 3.93. The molecular weight excluding hydrogens is 194 g/mol. The SMILES string of the molecule is CCCNC1CCc2cc(C3CC3)ccc21. The summed E-state index contributed by atoms with van der Waals surface area (Å²) in [5.41, 5.74) is 4.77. The molecule has 0 radical (unpaired) electrons. The molecule has 1 atom stereocenters. The number of hydrogen-bond acceptors (Lipinski definition) is 1. The minimum absolute atomic E-state index is 0.628. The fourth-order valence-electron chi connectivity index (χ4n) is 2.84. The lowest BCUT2D eigenvalue weighted by atomic mass is 10.0. The molecule has 3 rings (SSSR count). The van der Waals surface area contributed by atoms with Crippen LogP contribution in [0.4, 0.5) is 0 Å². The summed E-state index contributed by atoms with van der Waals surface area (Å²) in [6, 6.07) is 7.84. The summed E-state index contributed by atoms with van der Waals surface area (Å²) in [6.07, 6.45) is 6.62. The van der Waals surface area contributed by atoms with Crippen molar-refractivity contribution in [3.63, 3.8) is 0 Å². The minimum atomic E-state index is 0.628. The molecule has 0 spiro atoms. The summed E-state index contributed by atoms with van der Waals surface area (Å²) in [5, 5.41) is 3.65. The molecule has 0 aromatic heterocycles. The summed E-state index contributed by atoms with van der Waals surface area (Å²) in [6.45, 7) is 3.38. The molecule has 1 aromatic carbocycles. The summed E-state index contributed by atoms with van der Waals surface area (Å²) in [4.78, 5) is 0. The zero-order valence-electron chi connectivity index (χ0n) is 10.1. The van der Waals surface area contributed by atoms with Gasteiger partial charge in [-0.05, 0) is 61.3 Å². The first-order chi connectivity index (χ1) is 7.88. The predicted molar refractivity (Wildman–Crippen MR) is 67.8 cm³/mol. The Labute approximate surface area is 98.3 Å². The van der Waals surface area contributed by atoms with E-state index in [1.54, 1.807) is 16.7 Å². The van der Waals surface area contributed by atoms with E-state index in [9.17, 15) is 0 Å². The Hall–Kier alpha value is -0.820. The molecule has 1 saturated carbocycles.